The summed E-state index contributed by atoms with van der Waals surface area (Å²) in [6.07, 6.45) is 5.64. The van der Waals surface area contributed by atoms with Crippen molar-refractivity contribution < 1.29 is 15.0 Å². The van der Waals surface area contributed by atoms with Gasteiger partial charge in [0.1, 0.15) is 6.04 Å². The van der Waals surface area contributed by atoms with E-state index in [0.29, 0.717) is 0 Å². The minimum absolute atomic E-state index is 0.0626. The number of carboxylic acids is 1. The van der Waals surface area contributed by atoms with E-state index in [2.05, 4.69) is 4.90 Å². The summed E-state index contributed by atoms with van der Waals surface area (Å²) in [6.45, 7) is 2.84. The first-order valence-corrected chi connectivity index (χ1v) is 6.78. The third-order valence-corrected chi connectivity index (χ3v) is 4.35. The summed E-state index contributed by atoms with van der Waals surface area (Å²) in [6, 6.07) is -0.339. The van der Waals surface area contributed by atoms with E-state index >= 15 is 0 Å². The van der Waals surface area contributed by atoms with Crippen LogP contribution in [-0.4, -0.2) is 45.8 Å². The van der Waals surface area contributed by atoms with Crippen LogP contribution >= 0.6 is 0 Å². The lowest BCUT2D eigenvalue weighted by Crippen LogP contribution is -2.57. The minimum Gasteiger partial charge on any atom is -0.480 e. The van der Waals surface area contributed by atoms with E-state index < -0.39 is 12.0 Å². The summed E-state index contributed by atoms with van der Waals surface area (Å²) < 4.78 is 0. The van der Waals surface area contributed by atoms with E-state index in [1.165, 1.54) is 0 Å². The molecule has 4 unspecified atom stereocenters. The van der Waals surface area contributed by atoms with Gasteiger partial charge in [-0.05, 0) is 38.1 Å². The molecule has 4 nitrogen and oxygen atoms in total. The molecule has 17 heavy (non-hydrogen) atoms. The highest BCUT2D eigenvalue weighted by Gasteiger charge is 2.40. The Kier molecular flexibility index (Phi) is 4.05. The van der Waals surface area contributed by atoms with Crippen molar-refractivity contribution >= 4 is 5.97 Å². The molecule has 98 valence electrons. The zero-order valence-corrected chi connectivity index (χ0v) is 10.5. The molecule has 2 aliphatic rings. The van der Waals surface area contributed by atoms with Crippen molar-refractivity contribution in [3.63, 3.8) is 0 Å². The number of nitrogens with zero attached hydrogens (tertiary/aromatic N) is 1. The van der Waals surface area contributed by atoms with Crippen LogP contribution in [0.3, 0.4) is 0 Å². The highest BCUT2D eigenvalue weighted by Crippen LogP contribution is 2.31. The normalized spacial score (nSPS) is 40.1. The van der Waals surface area contributed by atoms with Crippen LogP contribution in [0.25, 0.3) is 0 Å². The first-order valence-electron chi connectivity index (χ1n) is 6.78. The first kappa shape index (κ1) is 12.8. The fraction of sp³-hybridized carbons (Fsp3) is 0.923. The van der Waals surface area contributed by atoms with Gasteiger partial charge in [0, 0.05) is 6.04 Å². The molecular weight excluding hydrogens is 218 g/mol. The number of carboxylic acid groups (broad SMARTS) is 1. The van der Waals surface area contributed by atoms with Crippen LogP contribution in [0.5, 0.6) is 0 Å². The summed E-state index contributed by atoms with van der Waals surface area (Å²) in [5, 5.41) is 19.4. The maximum absolute atomic E-state index is 11.4. The molecular formula is C13H23NO3. The van der Waals surface area contributed by atoms with Gasteiger partial charge in [0.15, 0.2) is 0 Å². The molecule has 0 spiro atoms. The predicted molar refractivity (Wildman–Crippen MR) is 64.8 cm³/mol. The lowest BCUT2D eigenvalue weighted by Gasteiger charge is -2.45. The largest absolute Gasteiger partial charge is 0.480 e. The van der Waals surface area contributed by atoms with Gasteiger partial charge in [0.25, 0.3) is 0 Å². The molecule has 1 heterocycles. The van der Waals surface area contributed by atoms with Crippen LogP contribution in [0.15, 0.2) is 0 Å². The monoisotopic (exact) mass is 241 g/mol. The van der Waals surface area contributed by atoms with Crippen molar-refractivity contribution in [2.75, 3.05) is 6.54 Å². The number of piperidine rings is 1. The van der Waals surface area contributed by atoms with Crippen LogP contribution < -0.4 is 0 Å². The Bertz CT molecular complexity index is 282. The maximum atomic E-state index is 11.4. The molecule has 0 bridgehead atoms. The molecule has 1 aliphatic heterocycles. The van der Waals surface area contributed by atoms with Gasteiger partial charge in [-0.1, -0.05) is 19.8 Å². The SMILES string of the molecule is CC1CCCN(C2CCCCC2O)C1C(=O)O. The van der Waals surface area contributed by atoms with Gasteiger partial charge in [-0.2, -0.15) is 0 Å². The van der Waals surface area contributed by atoms with Gasteiger partial charge in [-0.25, -0.2) is 0 Å². The Morgan fingerprint density at radius 2 is 1.88 bits per heavy atom. The van der Waals surface area contributed by atoms with Gasteiger partial charge in [0.05, 0.1) is 6.10 Å². The lowest BCUT2D eigenvalue weighted by atomic mass is 9.84. The van der Waals surface area contributed by atoms with Crippen molar-refractivity contribution in [2.24, 2.45) is 5.92 Å². The van der Waals surface area contributed by atoms with Gasteiger partial charge >= 0.3 is 5.97 Å². The molecule has 2 rings (SSSR count). The second kappa shape index (κ2) is 5.36. The van der Waals surface area contributed by atoms with Gasteiger partial charge < -0.3 is 10.2 Å². The van der Waals surface area contributed by atoms with Crippen LogP contribution in [-0.2, 0) is 4.79 Å². The van der Waals surface area contributed by atoms with Crippen LogP contribution in [0.2, 0.25) is 0 Å². The van der Waals surface area contributed by atoms with E-state index in [1.54, 1.807) is 0 Å². The van der Waals surface area contributed by atoms with Gasteiger partial charge in [-0.15, -0.1) is 0 Å². The Balaban J connectivity index is 2.12. The van der Waals surface area contributed by atoms with Crippen LogP contribution in [0, 0.1) is 5.92 Å². The topological polar surface area (TPSA) is 60.8 Å². The third-order valence-electron chi connectivity index (χ3n) is 4.35. The molecule has 0 radical (unpaired) electrons. The number of aliphatic hydroxyl groups excluding tert-OH is 1. The minimum atomic E-state index is -0.727. The molecule has 2 fully saturated rings. The molecule has 4 atom stereocenters. The van der Waals surface area contributed by atoms with E-state index in [1.807, 2.05) is 6.92 Å². The Labute approximate surface area is 103 Å². The van der Waals surface area contributed by atoms with E-state index in [9.17, 15) is 15.0 Å². The molecule has 4 heteroatoms. The predicted octanol–water partition coefficient (Wildman–Crippen LogP) is 1.47. The van der Waals surface area contributed by atoms with E-state index in [0.717, 1.165) is 45.1 Å². The number of carbonyl (C=O) groups is 1. The van der Waals surface area contributed by atoms with Crippen molar-refractivity contribution in [1.82, 2.24) is 4.90 Å². The number of aliphatic hydroxyl groups is 1. The van der Waals surface area contributed by atoms with Crippen LogP contribution in [0.1, 0.15) is 45.4 Å². The number of rotatable bonds is 2. The number of hydrogen-bond acceptors (Lipinski definition) is 3. The summed E-state index contributed by atoms with van der Waals surface area (Å²) in [5.74, 6) is -0.537. The average molecular weight is 241 g/mol. The highest BCUT2D eigenvalue weighted by atomic mass is 16.4. The lowest BCUT2D eigenvalue weighted by molar-refractivity contribution is -0.150. The Hall–Kier alpha value is -0.610. The molecule has 0 aromatic heterocycles. The van der Waals surface area contributed by atoms with Crippen molar-refractivity contribution in [3.05, 3.63) is 0 Å². The fourth-order valence-corrected chi connectivity index (χ4v) is 3.46. The Morgan fingerprint density at radius 3 is 2.53 bits per heavy atom. The van der Waals surface area contributed by atoms with Crippen molar-refractivity contribution in [2.45, 2.75) is 63.6 Å². The molecule has 0 aromatic rings. The fourth-order valence-electron chi connectivity index (χ4n) is 3.46. The third kappa shape index (κ3) is 2.63. The summed E-state index contributed by atoms with van der Waals surface area (Å²) in [4.78, 5) is 13.5. The van der Waals surface area contributed by atoms with Crippen molar-refractivity contribution in [1.29, 1.82) is 0 Å². The number of likely N-dealkylation sites (tertiary alicyclic amines) is 1. The zero-order valence-electron chi connectivity index (χ0n) is 10.5. The molecule has 1 saturated carbocycles. The van der Waals surface area contributed by atoms with E-state index in [-0.39, 0.29) is 18.1 Å². The quantitative estimate of drug-likeness (QED) is 0.768. The molecule has 1 saturated heterocycles. The molecule has 1 aliphatic carbocycles. The first-order chi connectivity index (χ1) is 8.11. The smallest absolute Gasteiger partial charge is 0.321 e. The summed E-state index contributed by atoms with van der Waals surface area (Å²) in [5.41, 5.74) is 0. The van der Waals surface area contributed by atoms with Crippen LogP contribution in [0.4, 0.5) is 0 Å². The maximum Gasteiger partial charge on any atom is 0.321 e. The van der Waals surface area contributed by atoms with E-state index in [4.69, 9.17) is 0 Å². The number of hydrogen-bond donors (Lipinski definition) is 2. The molecule has 2 N–H and O–H groups in total. The zero-order chi connectivity index (χ0) is 12.4. The number of aliphatic carboxylic acids is 1. The molecule has 0 aromatic carbocycles. The van der Waals surface area contributed by atoms with Crippen molar-refractivity contribution in [3.8, 4) is 0 Å². The molecule has 0 amide bonds. The highest BCUT2D eigenvalue weighted by molar-refractivity contribution is 5.74. The average Bonchev–Trinajstić information content (AvgIpc) is 2.28. The standard InChI is InChI=1S/C13H23NO3/c1-9-5-4-8-14(12(9)13(16)17)10-6-2-3-7-11(10)15/h9-12,15H,2-8H2,1H3,(H,16,17). The second-order valence-corrected chi connectivity index (χ2v) is 5.56. The Morgan fingerprint density at radius 1 is 1.18 bits per heavy atom. The van der Waals surface area contributed by atoms with Gasteiger partial charge in [-0.3, -0.25) is 9.69 Å². The second-order valence-electron chi connectivity index (χ2n) is 5.56. The van der Waals surface area contributed by atoms with Gasteiger partial charge in [0.2, 0.25) is 0 Å². The summed E-state index contributed by atoms with van der Waals surface area (Å²) >= 11 is 0. The summed E-state index contributed by atoms with van der Waals surface area (Å²) in [7, 11) is 0.